The predicted molar refractivity (Wildman–Crippen MR) is 107 cm³/mol. The van der Waals surface area contributed by atoms with Gasteiger partial charge in [0.1, 0.15) is 5.75 Å². The fourth-order valence-corrected chi connectivity index (χ4v) is 3.19. The molecule has 3 rings (SSSR count). The highest BCUT2D eigenvalue weighted by atomic mass is 32.2. The number of carbonyl (C=O) groups is 1. The molecule has 1 amide bonds. The molecule has 6 heteroatoms. The number of hydrogen-bond donors (Lipinski definition) is 2. The third kappa shape index (κ3) is 5.26. The fraction of sp³-hybridized carbons (Fsp3) is 0.300. The molecule has 0 bridgehead atoms. The second kappa shape index (κ2) is 9.29. The van der Waals surface area contributed by atoms with Gasteiger partial charge in [-0.15, -0.1) is 0 Å². The molecule has 0 atom stereocenters. The van der Waals surface area contributed by atoms with E-state index in [0.717, 1.165) is 40.7 Å². The number of aromatic nitrogens is 2. The molecule has 1 aromatic heterocycles. The summed E-state index contributed by atoms with van der Waals surface area (Å²) in [4.78, 5) is 19.8. The van der Waals surface area contributed by atoms with Crippen molar-refractivity contribution in [1.29, 1.82) is 0 Å². The number of hydrogen-bond acceptors (Lipinski definition) is 4. The molecule has 0 aliphatic carbocycles. The van der Waals surface area contributed by atoms with Crippen LogP contribution in [-0.2, 0) is 4.79 Å². The Labute approximate surface area is 157 Å². The molecule has 26 heavy (non-hydrogen) atoms. The zero-order chi connectivity index (χ0) is 18.2. The number of thioether (sulfide) groups is 1. The van der Waals surface area contributed by atoms with Crippen LogP contribution >= 0.6 is 11.8 Å². The number of anilines is 1. The van der Waals surface area contributed by atoms with Gasteiger partial charge < -0.3 is 15.0 Å². The minimum absolute atomic E-state index is 0.0629. The highest BCUT2D eigenvalue weighted by molar-refractivity contribution is 7.99. The molecular weight excluding hydrogens is 346 g/mol. The van der Waals surface area contributed by atoms with E-state index in [9.17, 15) is 4.79 Å². The first-order chi connectivity index (χ1) is 12.7. The zero-order valence-corrected chi connectivity index (χ0v) is 15.6. The first-order valence-electron chi connectivity index (χ1n) is 8.85. The standard InChI is InChI=1S/C20H23N3O2S/c1-2-3-6-13-25-16-11-9-15(10-12-16)21-19(24)14-26-20-22-17-7-4-5-8-18(17)23-20/h4-5,7-12H,2-3,6,13-14H2,1H3,(H,21,24)(H,22,23). The molecule has 2 N–H and O–H groups in total. The lowest BCUT2D eigenvalue weighted by molar-refractivity contribution is -0.113. The molecule has 136 valence electrons. The summed E-state index contributed by atoms with van der Waals surface area (Å²) < 4.78 is 5.67. The maximum absolute atomic E-state index is 12.1. The number of unbranched alkanes of at least 4 members (excludes halogenated alkanes) is 2. The second-order valence-corrected chi connectivity index (χ2v) is 6.94. The Hall–Kier alpha value is -2.47. The molecule has 0 saturated heterocycles. The Morgan fingerprint density at radius 2 is 1.96 bits per heavy atom. The van der Waals surface area contributed by atoms with Crippen LogP contribution in [0.4, 0.5) is 5.69 Å². The Morgan fingerprint density at radius 3 is 2.73 bits per heavy atom. The van der Waals surface area contributed by atoms with E-state index in [-0.39, 0.29) is 5.91 Å². The van der Waals surface area contributed by atoms with Gasteiger partial charge in [0, 0.05) is 5.69 Å². The molecule has 0 aliphatic heterocycles. The molecule has 2 aromatic carbocycles. The number of H-pyrrole nitrogens is 1. The van der Waals surface area contributed by atoms with Crippen molar-refractivity contribution in [2.24, 2.45) is 0 Å². The molecule has 0 fully saturated rings. The van der Waals surface area contributed by atoms with Crippen LogP contribution < -0.4 is 10.1 Å². The summed E-state index contributed by atoms with van der Waals surface area (Å²) in [5.41, 5.74) is 2.65. The van der Waals surface area contributed by atoms with Gasteiger partial charge in [-0.3, -0.25) is 4.79 Å². The lowest BCUT2D eigenvalue weighted by atomic mass is 10.2. The van der Waals surface area contributed by atoms with E-state index in [1.807, 2.05) is 48.5 Å². The minimum atomic E-state index is -0.0629. The van der Waals surface area contributed by atoms with Crippen LogP contribution in [0, 0.1) is 0 Å². The SMILES string of the molecule is CCCCCOc1ccc(NC(=O)CSc2nc3ccccc3[nH]2)cc1. The predicted octanol–water partition coefficient (Wildman–Crippen LogP) is 4.86. The maximum atomic E-state index is 12.1. The number of nitrogens with zero attached hydrogens (tertiary/aromatic N) is 1. The fourth-order valence-electron chi connectivity index (χ4n) is 2.51. The molecule has 1 heterocycles. The van der Waals surface area contributed by atoms with Gasteiger partial charge in [-0.1, -0.05) is 43.7 Å². The number of nitrogens with one attached hydrogen (secondary N) is 2. The number of benzene rings is 2. The average Bonchev–Trinajstić information content (AvgIpc) is 3.08. The van der Waals surface area contributed by atoms with Gasteiger partial charge >= 0.3 is 0 Å². The van der Waals surface area contributed by atoms with Crippen LogP contribution in [0.15, 0.2) is 53.7 Å². The number of amides is 1. The Bertz CT molecular complexity index is 813. The number of imidazole rings is 1. The van der Waals surface area contributed by atoms with E-state index in [4.69, 9.17) is 4.74 Å². The van der Waals surface area contributed by atoms with Crippen molar-refractivity contribution in [3.63, 3.8) is 0 Å². The van der Waals surface area contributed by atoms with Gasteiger partial charge in [0.2, 0.25) is 5.91 Å². The summed E-state index contributed by atoms with van der Waals surface area (Å²) in [7, 11) is 0. The molecule has 0 radical (unpaired) electrons. The summed E-state index contributed by atoms with van der Waals surface area (Å²) in [6, 6.07) is 15.3. The van der Waals surface area contributed by atoms with Crippen LogP contribution in [0.1, 0.15) is 26.2 Å². The van der Waals surface area contributed by atoms with Crippen LogP contribution in [0.3, 0.4) is 0 Å². The molecule has 0 aliphatic rings. The highest BCUT2D eigenvalue weighted by Crippen LogP contribution is 2.20. The Kier molecular flexibility index (Phi) is 6.55. The van der Waals surface area contributed by atoms with Crippen molar-refractivity contribution in [3.05, 3.63) is 48.5 Å². The first kappa shape index (κ1) is 18.3. The Balaban J connectivity index is 1.45. The lowest BCUT2D eigenvalue weighted by Crippen LogP contribution is -2.14. The van der Waals surface area contributed by atoms with Crippen LogP contribution in [-0.4, -0.2) is 28.2 Å². The summed E-state index contributed by atoms with van der Waals surface area (Å²) in [6.45, 7) is 2.90. The third-order valence-electron chi connectivity index (χ3n) is 3.86. The van der Waals surface area contributed by atoms with Crippen LogP contribution in [0.5, 0.6) is 5.75 Å². The quantitative estimate of drug-likeness (QED) is 0.417. The minimum Gasteiger partial charge on any atom is -0.494 e. The van der Waals surface area contributed by atoms with Crippen LogP contribution in [0.25, 0.3) is 11.0 Å². The van der Waals surface area contributed by atoms with E-state index in [1.165, 1.54) is 24.6 Å². The van der Waals surface area contributed by atoms with E-state index >= 15 is 0 Å². The summed E-state index contributed by atoms with van der Waals surface area (Å²) in [5.74, 6) is 1.07. The van der Waals surface area contributed by atoms with Crippen molar-refractivity contribution in [2.75, 3.05) is 17.7 Å². The van der Waals surface area contributed by atoms with Gasteiger partial charge in [-0.25, -0.2) is 4.98 Å². The van der Waals surface area contributed by atoms with Gasteiger partial charge in [0.25, 0.3) is 0 Å². The molecule has 5 nitrogen and oxygen atoms in total. The maximum Gasteiger partial charge on any atom is 0.234 e. The summed E-state index contributed by atoms with van der Waals surface area (Å²) in [6.07, 6.45) is 3.42. The van der Waals surface area contributed by atoms with Gasteiger partial charge in [0.05, 0.1) is 23.4 Å². The highest BCUT2D eigenvalue weighted by Gasteiger charge is 2.07. The molecule has 3 aromatic rings. The number of rotatable bonds is 9. The van der Waals surface area contributed by atoms with Crippen LogP contribution in [0.2, 0.25) is 0 Å². The van der Waals surface area contributed by atoms with Gasteiger partial charge in [0.15, 0.2) is 5.16 Å². The van der Waals surface area contributed by atoms with Gasteiger partial charge in [-0.2, -0.15) is 0 Å². The largest absolute Gasteiger partial charge is 0.494 e. The summed E-state index contributed by atoms with van der Waals surface area (Å²) in [5, 5.41) is 3.64. The zero-order valence-electron chi connectivity index (χ0n) is 14.8. The van der Waals surface area contributed by atoms with E-state index in [0.29, 0.717) is 5.75 Å². The van der Waals surface area contributed by atoms with Crippen molar-refractivity contribution in [2.45, 2.75) is 31.3 Å². The monoisotopic (exact) mass is 369 g/mol. The Morgan fingerprint density at radius 1 is 1.15 bits per heavy atom. The van der Waals surface area contributed by atoms with E-state index < -0.39 is 0 Å². The lowest BCUT2D eigenvalue weighted by Gasteiger charge is -2.08. The average molecular weight is 369 g/mol. The summed E-state index contributed by atoms with van der Waals surface area (Å²) >= 11 is 1.39. The molecular formula is C20H23N3O2S. The molecule has 0 spiro atoms. The van der Waals surface area contributed by atoms with Crippen molar-refractivity contribution >= 4 is 34.4 Å². The topological polar surface area (TPSA) is 67.0 Å². The van der Waals surface area contributed by atoms with Crippen molar-refractivity contribution in [1.82, 2.24) is 9.97 Å². The number of para-hydroxylation sites is 2. The normalized spacial score (nSPS) is 10.8. The van der Waals surface area contributed by atoms with Gasteiger partial charge in [-0.05, 0) is 42.8 Å². The number of carbonyl (C=O) groups excluding carboxylic acids is 1. The van der Waals surface area contributed by atoms with E-state index in [1.54, 1.807) is 0 Å². The first-order valence-corrected chi connectivity index (χ1v) is 9.83. The second-order valence-electron chi connectivity index (χ2n) is 5.98. The number of aromatic amines is 1. The van der Waals surface area contributed by atoms with Crippen molar-refractivity contribution in [3.8, 4) is 5.75 Å². The molecule has 0 unspecified atom stereocenters. The van der Waals surface area contributed by atoms with E-state index in [2.05, 4.69) is 22.2 Å². The number of fused-ring (bicyclic) bond motifs is 1. The van der Waals surface area contributed by atoms with Crippen molar-refractivity contribution < 1.29 is 9.53 Å². The smallest absolute Gasteiger partial charge is 0.234 e. The number of ether oxygens (including phenoxy) is 1. The molecule has 0 saturated carbocycles. The third-order valence-corrected chi connectivity index (χ3v) is 4.74.